The molecule has 2 N–H and O–H groups in total. The molecule has 0 aliphatic heterocycles. The van der Waals surface area contributed by atoms with Gasteiger partial charge < -0.3 is 15.1 Å². The van der Waals surface area contributed by atoms with Gasteiger partial charge in [0.15, 0.2) is 0 Å². The van der Waals surface area contributed by atoms with Gasteiger partial charge in [-0.2, -0.15) is 0 Å². The van der Waals surface area contributed by atoms with Crippen LogP contribution in [0.3, 0.4) is 0 Å². The standard InChI is InChI=1S/C22H20N2O3/c1-16-8-10-17(11-9-16)12-13-21(25)24-20-7-3-2-6-19(20)22(26)23-15-18-5-4-14-27-18/h2-14H,15H2,1H3,(H,23,26)(H,24,25). The number of carbonyl (C=O) groups excluding carboxylic acids is 2. The van der Waals surface area contributed by atoms with E-state index in [2.05, 4.69) is 10.6 Å². The molecule has 0 radical (unpaired) electrons. The largest absolute Gasteiger partial charge is 0.467 e. The molecule has 1 heterocycles. The Labute approximate surface area is 157 Å². The van der Waals surface area contributed by atoms with Gasteiger partial charge in [-0.25, -0.2) is 0 Å². The Morgan fingerprint density at radius 2 is 1.78 bits per heavy atom. The highest BCUT2D eigenvalue weighted by atomic mass is 16.3. The van der Waals surface area contributed by atoms with E-state index in [4.69, 9.17) is 4.42 Å². The molecule has 5 heteroatoms. The first-order chi connectivity index (χ1) is 13.1. The van der Waals surface area contributed by atoms with Crippen LogP contribution in [0, 0.1) is 6.92 Å². The Kier molecular flexibility index (Phi) is 5.84. The molecular formula is C22H20N2O3. The van der Waals surface area contributed by atoms with Crippen molar-refractivity contribution in [1.82, 2.24) is 5.32 Å². The highest BCUT2D eigenvalue weighted by molar-refractivity contribution is 6.07. The van der Waals surface area contributed by atoms with E-state index >= 15 is 0 Å². The summed E-state index contributed by atoms with van der Waals surface area (Å²) in [5, 5.41) is 5.53. The topological polar surface area (TPSA) is 71.3 Å². The maximum absolute atomic E-state index is 12.4. The number of furan rings is 1. The molecule has 2 amide bonds. The number of aryl methyl sites for hydroxylation is 1. The molecule has 1 aromatic heterocycles. The molecule has 0 saturated carbocycles. The van der Waals surface area contributed by atoms with Crippen molar-refractivity contribution in [2.45, 2.75) is 13.5 Å². The predicted molar refractivity (Wildman–Crippen MR) is 105 cm³/mol. The summed E-state index contributed by atoms with van der Waals surface area (Å²) in [6, 6.07) is 18.3. The number of hydrogen-bond acceptors (Lipinski definition) is 3. The summed E-state index contributed by atoms with van der Waals surface area (Å²) in [4.78, 5) is 24.7. The second-order valence-electron chi connectivity index (χ2n) is 6.04. The summed E-state index contributed by atoms with van der Waals surface area (Å²) >= 11 is 0. The maximum Gasteiger partial charge on any atom is 0.253 e. The highest BCUT2D eigenvalue weighted by Crippen LogP contribution is 2.15. The first-order valence-corrected chi connectivity index (χ1v) is 8.57. The van der Waals surface area contributed by atoms with Crippen molar-refractivity contribution in [2.24, 2.45) is 0 Å². The van der Waals surface area contributed by atoms with Crippen LogP contribution in [0.15, 0.2) is 77.4 Å². The lowest BCUT2D eigenvalue weighted by atomic mass is 10.1. The van der Waals surface area contributed by atoms with E-state index in [0.717, 1.165) is 11.1 Å². The fraction of sp³-hybridized carbons (Fsp3) is 0.0909. The van der Waals surface area contributed by atoms with Gasteiger partial charge in [-0.15, -0.1) is 0 Å². The minimum absolute atomic E-state index is 0.279. The average Bonchev–Trinajstić information content (AvgIpc) is 3.20. The molecule has 0 aliphatic rings. The number of para-hydroxylation sites is 1. The number of hydrogen-bond donors (Lipinski definition) is 2. The first-order valence-electron chi connectivity index (χ1n) is 8.57. The molecule has 0 unspecified atom stereocenters. The van der Waals surface area contributed by atoms with Crippen molar-refractivity contribution in [3.05, 3.63) is 95.5 Å². The smallest absolute Gasteiger partial charge is 0.253 e. The van der Waals surface area contributed by atoms with Crippen LogP contribution >= 0.6 is 0 Å². The van der Waals surface area contributed by atoms with E-state index in [1.165, 1.54) is 6.08 Å². The summed E-state index contributed by atoms with van der Waals surface area (Å²) in [6.45, 7) is 2.29. The van der Waals surface area contributed by atoms with Crippen molar-refractivity contribution >= 4 is 23.6 Å². The van der Waals surface area contributed by atoms with Gasteiger partial charge in [0, 0.05) is 6.08 Å². The molecule has 3 aromatic rings. The summed E-state index contributed by atoms with van der Waals surface area (Å²) in [6.07, 6.45) is 4.73. The van der Waals surface area contributed by atoms with Gasteiger partial charge >= 0.3 is 0 Å². The van der Waals surface area contributed by atoms with Gasteiger partial charge in [-0.3, -0.25) is 9.59 Å². The van der Waals surface area contributed by atoms with Crippen LogP contribution < -0.4 is 10.6 Å². The zero-order valence-electron chi connectivity index (χ0n) is 14.9. The molecule has 0 saturated heterocycles. The fourth-order valence-corrected chi connectivity index (χ4v) is 2.49. The van der Waals surface area contributed by atoms with Crippen LogP contribution in [0.25, 0.3) is 6.08 Å². The van der Waals surface area contributed by atoms with Crippen molar-refractivity contribution < 1.29 is 14.0 Å². The quantitative estimate of drug-likeness (QED) is 0.648. The van der Waals surface area contributed by atoms with Crippen LogP contribution in [0.4, 0.5) is 5.69 Å². The Balaban J connectivity index is 1.65. The third-order valence-electron chi connectivity index (χ3n) is 3.94. The molecule has 0 fully saturated rings. The summed E-state index contributed by atoms with van der Waals surface area (Å²) in [7, 11) is 0. The summed E-state index contributed by atoms with van der Waals surface area (Å²) in [5.41, 5.74) is 2.93. The Morgan fingerprint density at radius 1 is 1.00 bits per heavy atom. The van der Waals surface area contributed by atoms with Crippen molar-refractivity contribution in [2.75, 3.05) is 5.32 Å². The van der Waals surface area contributed by atoms with Crippen LogP contribution in [0.2, 0.25) is 0 Å². The minimum Gasteiger partial charge on any atom is -0.467 e. The zero-order chi connectivity index (χ0) is 19.1. The van der Waals surface area contributed by atoms with Crippen molar-refractivity contribution in [3.63, 3.8) is 0 Å². The van der Waals surface area contributed by atoms with E-state index in [0.29, 0.717) is 17.0 Å². The lowest BCUT2D eigenvalue weighted by molar-refractivity contribution is -0.111. The van der Waals surface area contributed by atoms with Crippen LogP contribution in [0.1, 0.15) is 27.2 Å². The minimum atomic E-state index is -0.304. The second-order valence-corrected chi connectivity index (χ2v) is 6.04. The third-order valence-corrected chi connectivity index (χ3v) is 3.94. The predicted octanol–water partition coefficient (Wildman–Crippen LogP) is 4.17. The van der Waals surface area contributed by atoms with Crippen LogP contribution in [0.5, 0.6) is 0 Å². The molecule has 2 aromatic carbocycles. The number of carbonyl (C=O) groups is 2. The fourth-order valence-electron chi connectivity index (χ4n) is 2.49. The molecule has 136 valence electrons. The Bertz CT molecular complexity index is 942. The van der Waals surface area contributed by atoms with E-state index < -0.39 is 0 Å². The molecule has 3 rings (SSSR count). The van der Waals surface area contributed by atoms with Gasteiger partial charge in [0.05, 0.1) is 24.1 Å². The summed E-state index contributed by atoms with van der Waals surface area (Å²) in [5.74, 6) is 0.0672. The van der Waals surface area contributed by atoms with Gasteiger partial charge in [0.2, 0.25) is 5.91 Å². The number of nitrogens with one attached hydrogen (secondary N) is 2. The number of anilines is 1. The molecular weight excluding hydrogens is 340 g/mol. The molecule has 27 heavy (non-hydrogen) atoms. The maximum atomic E-state index is 12.4. The number of benzene rings is 2. The van der Waals surface area contributed by atoms with E-state index in [1.807, 2.05) is 31.2 Å². The lowest BCUT2D eigenvalue weighted by Crippen LogP contribution is -2.24. The van der Waals surface area contributed by atoms with Gasteiger partial charge in [0.25, 0.3) is 5.91 Å². The monoisotopic (exact) mass is 360 g/mol. The van der Waals surface area contributed by atoms with Crippen molar-refractivity contribution in [1.29, 1.82) is 0 Å². The van der Waals surface area contributed by atoms with Crippen LogP contribution in [-0.4, -0.2) is 11.8 Å². The second kappa shape index (κ2) is 8.67. The van der Waals surface area contributed by atoms with E-state index in [9.17, 15) is 9.59 Å². The molecule has 0 spiro atoms. The summed E-state index contributed by atoms with van der Waals surface area (Å²) < 4.78 is 5.20. The normalized spacial score (nSPS) is 10.7. The SMILES string of the molecule is Cc1ccc(C=CC(=O)Nc2ccccc2C(=O)NCc2ccco2)cc1. The third kappa shape index (κ3) is 5.19. The van der Waals surface area contributed by atoms with Crippen molar-refractivity contribution in [3.8, 4) is 0 Å². The molecule has 0 atom stereocenters. The zero-order valence-corrected chi connectivity index (χ0v) is 14.9. The highest BCUT2D eigenvalue weighted by Gasteiger charge is 2.12. The molecule has 0 aliphatic carbocycles. The number of rotatable bonds is 6. The first kappa shape index (κ1) is 18.2. The van der Waals surface area contributed by atoms with Gasteiger partial charge in [0.1, 0.15) is 5.76 Å². The average molecular weight is 360 g/mol. The molecule has 5 nitrogen and oxygen atoms in total. The number of amides is 2. The Morgan fingerprint density at radius 3 is 2.52 bits per heavy atom. The van der Waals surface area contributed by atoms with E-state index in [-0.39, 0.29) is 18.4 Å². The van der Waals surface area contributed by atoms with Gasteiger partial charge in [-0.05, 0) is 42.8 Å². The lowest BCUT2D eigenvalue weighted by Gasteiger charge is -2.10. The van der Waals surface area contributed by atoms with Crippen LogP contribution in [-0.2, 0) is 11.3 Å². The van der Waals surface area contributed by atoms with E-state index in [1.54, 1.807) is 48.7 Å². The Hall–Kier alpha value is -3.60. The molecule has 0 bridgehead atoms. The van der Waals surface area contributed by atoms with Gasteiger partial charge in [-0.1, -0.05) is 42.0 Å².